The van der Waals surface area contributed by atoms with Gasteiger partial charge in [-0.1, -0.05) is 6.92 Å². The van der Waals surface area contributed by atoms with Crippen molar-refractivity contribution in [1.82, 2.24) is 15.1 Å². The lowest BCUT2D eigenvalue weighted by Crippen LogP contribution is -2.17. The Kier molecular flexibility index (Phi) is 3.62. The molecule has 0 aliphatic carbocycles. The quantitative estimate of drug-likeness (QED) is 0.713. The molecule has 1 atom stereocenters. The van der Waals surface area contributed by atoms with E-state index in [1.165, 1.54) is 4.90 Å². The maximum atomic E-state index is 4.11. The maximum absolute atomic E-state index is 4.11. The van der Waals surface area contributed by atoms with E-state index in [-0.39, 0.29) is 0 Å². The van der Waals surface area contributed by atoms with Crippen LogP contribution in [0, 0.1) is 0 Å². The highest BCUT2D eigenvalue weighted by molar-refractivity contribution is 8.00. The monoisotopic (exact) mass is 185 g/mol. The van der Waals surface area contributed by atoms with E-state index in [9.17, 15) is 0 Å². The molecule has 0 aliphatic rings. The van der Waals surface area contributed by atoms with Crippen LogP contribution in [0.4, 0.5) is 0 Å². The van der Waals surface area contributed by atoms with Gasteiger partial charge in [0.1, 0.15) is 0 Å². The van der Waals surface area contributed by atoms with Crippen LogP contribution in [0.25, 0.3) is 0 Å². The van der Waals surface area contributed by atoms with Gasteiger partial charge in [-0.2, -0.15) is 5.10 Å². The molecule has 68 valence electrons. The molecule has 0 aromatic carbocycles. The number of aromatic nitrogens is 2. The number of nitrogens with one attached hydrogen (secondary N) is 1. The minimum Gasteiger partial charge on any atom is -0.319 e. The van der Waals surface area contributed by atoms with Crippen molar-refractivity contribution >= 4 is 11.8 Å². The minimum absolute atomic E-state index is 0.596. The van der Waals surface area contributed by atoms with Crippen LogP contribution in [0.3, 0.4) is 0 Å². The van der Waals surface area contributed by atoms with Gasteiger partial charge in [0, 0.05) is 29.9 Å². The standard InChI is InChI=1S/C8H15N3S/c1-7(4-9-2)12-8-5-10-11(3)6-8/h5-7,9H,4H2,1-3H3. The van der Waals surface area contributed by atoms with Gasteiger partial charge >= 0.3 is 0 Å². The van der Waals surface area contributed by atoms with Gasteiger partial charge in [0.2, 0.25) is 0 Å². The van der Waals surface area contributed by atoms with E-state index in [1.54, 1.807) is 0 Å². The van der Waals surface area contributed by atoms with E-state index >= 15 is 0 Å². The zero-order chi connectivity index (χ0) is 8.97. The fourth-order valence-corrected chi connectivity index (χ4v) is 2.06. The molecule has 4 heteroatoms. The fraction of sp³-hybridized carbons (Fsp3) is 0.625. The zero-order valence-corrected chi connectivity index (χ0v) is 8.56. The van der Waals surface area contributed by atoms with Crippen LogP contribution in [0.15, 0.2) is 17.3 Å². The van der Waals surface area contributed by atoms with Crippen molar-refractivity contribution in [1.29, 1.82) is 0 Å². The lowest BCUT2D eigenvalue weighted by Gasteiger charge is -2.07. The molecule has 0 fully saturated rings. The van der Waals surface area contributed by atoms with E-state index < -0.39 is 0 Å². The van der Waals surface area contributed by atoms with Crippen LogP contribution >= 0.6 is 11.8 Å². The lowest BCUT2D eigenvalue weighted by atomic mass is 10.5. The number of hydrogen-bond acceptors (Lipinski definition) is 3. The topological polar surface area (TPSA) is 29.9 Å². The van der Waals surface area contributed by atoms with Crippen molar-refractivity contribution in [2.45, 2.75) is 17.1 Å². The highest BCUT2D eigenvalue weighted by atomic mass is 32.2. The van der Waals surface area contributed by atoms with Crippen LogP contribution in [-0.2, 0) is 7.05 Å². The molecule has 1 unspecified atom stereocenters. The SMILES string of the molecule is CNCC(C)Sc1cnn(C)c1. The summed E-state index contributed by atoms with van der Waals surface area (Å²) in [6.45, 7) is 3.23. The van der Waals surface area contributed by atoms with Crippen LogP contribution in [0.2, 0.25) is 0 Å². The molecule has 0 saturated heterocycles. The van der Waals surface area contributed by atoms with Gasteiger partial charge in [-0.3, -0.25) is 4.68 Å². The van der Waals surface area contributed by atoms with Crippen molar-refractivity contribution in [2.24, 2.45) is 7.05 Å². The first-order valence-corrected chi connectivity index (χ1v) is 4.90. The van der Waals surface area contributed by atoms with Crippen molar-refractivity contribution in [3.8, 4) is 0 Å². The number of thioether (sulfide) groups is 1. The first-order valence-electron chi connectivity index (χ1n) is 4.02. The van der Waals surface area contributed by atoms with Crippen LogP contribution in [0.1, 0.15) is 6.92 Å². The zero-order valence-electron chi connectivity index (χ0n) is 7.74. The normalized spacial score (nSPS) is 13.2. The third-order valence-electron chi connectivity index (χ3n) is 1.51. The molecule has 3 nitrogen and oxygen atoms in total. The highest BCUT2D eigenvalue weighted by Crippen LogP contribution is 2.21. The number of aryl methyl sites for hydroxylation is 1. The van der Waals surface area contributed by atoms with Gasteiger partial charge in [0.05, 0.1) is 6.20 Å². The molecule has 0 radical (unpaired) electrons. The van der Waals surface area contributed by atoms with Crippen molar-refractivity contribution in [3.63, 3.8) is 0 Å². The third-order valence-corrected chi connectivity index (χ3v) is 2.56. The molecule has 1 N–H and O–H groups in total. The predicted molar refractivity (Wildman–Crippen MR) is 52.5 cm³/mol. The van der Waals surface area contributed by atoms with Gasteiger partial charge in [-0.05, 0) is 7.05 Å². The summed E-state index contributed by atoms with van der Waals surface area (Å²) < 4.78 is 1.83. The van der Waals surface area contributed by atoms with Gasteiger partial charge in [0.25, 0.3) is 0 Å². The van der Waals surface area contributed by atoms with Crippen LogP contribution in [-0.4, -0.2) is 28.6 Å². The number of rotatable bonds is 4. The summed E-state index contributed by atoms with van der Waals surface area (Å²) in [6.07, 6.45) is 3.94. The average molecular weight is 185 g/mol. The Morgan fingerprint density at radius 1 is 1.75 bits per heavy atom. The first-order chi connectivity index (χ1) is 5.72. The van der Waals surface area contributed by atoms with E-state index in [1.807, 2.05) is 42.9 Å². The Balaban J connectivity index is 2.41. The summed E-state index contributed by atoms with van der Waals surface area (Å²) in [5.41, 5.74) is 0. The summed E-state index contributed by atoms with van der Waals surface area (Å²) in [6, 6.07) is 0. The molecule has 1 aromatic rings. The Hall–Kier alpha value is -0.480. The lowest BCUT2D eigenvalue weighted by molar-refractivity contribution is 0.766. The van der Waals surface area contributed by atoms with Crippen molar-refractivity contribution < 1.29 is 0 Å². The number of hydrogen-bond donors (Lipinski definition) is 1. The Morgan fingerprint density at radius 2 is 2.50 bits per heavy atom. The molecule has 1 heterocycles. The second kappa shape index (κ2) is 4.52. The minimum atomic E-state index is 0.596. The molecule has 0 amide bonds. The van der Waals surface area contributed by atoms with Gasteiger partial charge in [-0.15, -0.1) is 11.8 Å². The molecular weight excluding hydrogens is 170 g/mol. The fourth-order valence-electron chi connectivity index (χ4n) is 1.02. The van der Waals surface area contributed by atoms with E-state index in [0.29, 0.717) is 5.25 Å². The van der Waals surface area contributed by atoms with E-state index in [4.69, 9.17) is 0 Å². The second-order valence-electron chi connectivity index (χ2n) is 2.84. The molecule has 1 aromatic heterocycles. The van der Waals surface area contributed by atoms with Crippen LogP contribution in [0.5, 0.6) is 0 Å². The maximum Gasteiger partial charge on any atom is 0.0625 e. The molecular formula is C8H15N3S. The number of nitrogens with zero attached hydrogens (tertiary/aromatic N) is 2. The van der Waals surface area contributed by atoms with Gasteiger partial charge in [0.15, 0.2) is 0 Å². The summed E-state index contributed by atoms with van der Waals surface area (Å²) in [7, 11) is 3.91. The highest BCUT2D eigenvalue weighted by Gasteiger charge is 2.03. The van der Waals surface area contributed by atoms with Crippen molar-refractivity contribution in [3.05, 3.63) is 12.4 Å². The molecule has 12 heavy (non-hydrogen) atoms. The second-order valence-corrected chi connectivity index (χ2v) is 4.35. The largest absolute Gasteiger partial charge is 0.319 e. The summed E-state index contributed by atoms with van der Waals surface area (Å²) in [5, 5.41) is 7.85. The Bertz CT molecular complexity index is 234. The molecule has 0 saturated carbocycles. The van der Waals surface area contributed by atoms with E-state index in [2.05, 4.69) is 17.3 Å². The van der Waals surface area contributed by atoms with E-state index in [0.717, 1.165) is 6.54 Å². The summed E-state index contributed by atoms with van der Waals surface area (Å²) >= 11 is 1.84. The molecule has 1 rings (SSSR count). The Morgan fingerprint density at radius 3 is 3.00 bits per heavy atom. The molecule has 0 spiro atoms. The van der Waals surface area contributed by atoms with Gasteiger partial charge < -0.3 is 5.32 Å². The Labute approximate surface area is 77.5 Å². The van der Waals surface area contributed by atoms with Crippen LogP contribution < -0.4 is 5.32 Å². The third kappa shape index (κ3) is 2.87. The predicted octanol–water partition coefficient (Wildman–Crippen LogP) is 1.12. The summed E-state index contributed by atoms with van der Waals surface area (Å²) in [5.74, 6) is 0. The molecule has 0 bridgehead atoms. The molecule has 0 aliphatic heterocycles. The average Bonchev–Trinajstić information content (AvgIpc) is 2.36. The smallest absolute Gasteiger partial charge is 0.0625 e. The summed E-state index contributed by atoms with van der Waals surface area (Å²) in [4.78, 5) is 1.24. The first kappa shape index (κ1) is 9.61. The van der Waals surface area contributed by atoms with Gasteiger partial charge in [-0.25, -0.2) is 0 Å². The van der Waals surface area contributed by atoms with Crippen molar-refractivity contribution in [2.75, 3.05) is 13.6 Å².